The standard InChI is InChI=1S/C18H20N6O4/c1-11(12-6-5-7-13(8-12)28-4)20-21-14(25)9-24-10-19-16-15(24)17(26)23(3)18(27)22(16)2/h5-8,10H,9H2,1-4H3,(H,21,25)/b20-11+. The van der Waals surface area contributed by atoms with Crippen molar-refractivity contribution in [3.05, 3.63) is 57.0 Å². The number of rotatable bonds is 5. The lowest BCUT2D eigenvalue weighted by molar-refractivity contribution is -0.121. The third kappa shape index (κ3) is 3.43. The highest BCUT2D eigenvalue weighted by Crippen LogP contribution is 2.13. The fraction of sp³-hybridized carbons (Fsp3) is 0.278. The Morgan fingerprint density at radius 1 is 1.25 bits per heavy atom. The molecule has 0 aliphatic carbocycles. The number of ether oxygens (including phenoxy) is 1. The van der Waals surface area contributed by atoms with Crippen LogP contribution in [-0.4, -0.2) is 37.4 Å². The summed E-state index contributed by atoms with van der Waals surface area (Å²) in [6.45, 7) is 1.59. The molecule has 1 N–H and O–H groups in total. The topological polar surface area (TPSA) is 113 Å². The van der Waals surface area contributed by atoms with Crippen LogP contribution < -0.4 is 21.4 Å². The maximum absolute atomic E-state index is 12.4. The Morgan fingerprint density at radius 2 is 2.00 bits per heavy atom. The maximum atomic E-state index is 12.4. The molecule has 0 saturated carbocycles. The van der Waals surface area contributed by atoms with Crippen LogP contribution in [-0.2, 0) is 25.4 Å². The van der Waals surface area contributed by atoms with Gasteiger partial charge in [0.15, 0.2) is 11.2 Å². The zero-order valence-corrected chi connectivity index (χ0v) is 16.0. The lowest BCUT2D eigenvalue weighted by Gasteiger charge is -2.07. The Balaban J connectivity index is 1.82. The summed E-state index contributed by atoms with van der Waals surface area (Å²) in [6.07, 6.45) is 1.35. The number of aryl methyl sites for hydroxylation is 1. The van der Waals surface area contributed by atoms with Crippen molar-refractivity contribution in [3.63, 3.8) is 0 Å². The van der Waals surface area contributed by atoms with Crippen LogP contribution in [0.5, 0.6) is 5.75 Å². The van der Waals surface area contributed by atoms with Crippen molar-refractivity contribution in [1.29, 1.82) is 0 Å². The predicted molar refractivity (Wildman–Crippen MR) is 104 cm³/mol. The largest absolute Gasteiger partial charge is 0.497 e. The number of fused-ring (bicyclic) bond motifs is 1. The molecular weight excluding hydrogens is 364 g/mol. The van der Waals surface area contributed by atoms with Crippen LogP contribution in [0.3, 0.4) is 0 Å². The van der Waals surface area contributed by atoms with E-state index >= 15 is 0 Å². The van der Waals surface area contributed by atoms with Crippen LogP contribution in [0.2, 0.25) is 0 Å². The second kappa shape index (κ2) is 7.51. The average Bonchev–Trinajstić information content (AvgIpc) is 3.12. The molecule has 2 aromatic heterocycles. The molecule has 146 valence electrons. The first kappa shape index (κ1) is 19.1. The minimum absolute atomic E-state index is 0.168. The summed E-state index contributed by atoms with van der Waals surface area (Å²) in [7, 11) is 4.47. The smallest absolute Gasteiger partial charge is 0.332 e. The van der Waals surface area contributed by atoms with E-state index in [0.717, 1.165) is 10.1 Å². The zero-order valence-electron chi connectivity index (χ0n) is 16.0. The minimum Gasteiger partial charge on any atom is -0.497 e. The van der Waals surface area contributed by atoms with Crippen LogP contribution in [0, 0.1) is 0 Å². The lowest BCUT2D eigenvalue weighted by atomic mass is 10.1. The van der Waals surface area contributed by atoms with Crippen LogP contribution in [0.25, 0.3) is 11.2 Å². The summed E-state index contributed by atoms with van der Waals surface area (Å²) in [5.74, 6) is 0.252. The van der Waals surface area contributed by atoms with Crippen molar-refractivity contribution in [2.75, 3.05) is 7.11 Å². The van der Waals surface area contributed by atoms with Gasteiger partial charge in [0.1, 0.15) is 12.3 Å². The molecule has 0 spiro atoms. The van der Waals surface area contributed by atoms with Gasteiger partial charge < -0.3 is 9.30 Å². The highest BCUT2D eigenvalue weighted by molar-refractivity contribution is 5.99. The molecule has 1 amide bonds. The third-order valence-electron chi connectivity index (χ3n) is 4.37. The van der Waals surface area contributed by atoms with E-state index in [2.05, 4.69) is 15.5 Å². The first-order chi connectivity index (χ1) is 13.3. The fourth-order valence-corrected chi connectivity index (χ4v) is 2.77. The number of nitrogens with one attached hydrogen (secondary N) is 1. The van der Waals surface area contributed by atoms with Crippen LogP contribution in [0.4, 0.5) is 0 Å². The van der Waals surface area contributed by atoms with E-state index in [0.29, 0.717) is 11.5 Å². The Kier molecular flexibility index (Phi) is 5.12. The summed E-state index contributed by atoms with van der Waals surface area (Å²) in [4.78, 5) is 40.7. The first-order valence-electron chi connectivity index (χ1n) is 8.42. The lowest BCUT2D eigenvalue weighted by Crippen LogP contribution is -2.38. The highest BCUT2D eigenvalue weighted by Gasteiger charge is 2.15. The molecular formula is C18H20N6O4. The third-order valence-corrected chi connectivity index (χ3v) is 4.37. The van der Waals surface area contributed by atoms with Gasteiger partial charge in [-0.05, 0) is 19.1 Å². The molecule has 0 saturated heterocycles. The molecule has 0 aliphatic rings. The van der Waals surface area contributed by atoms with Crippen molar-refractivity contribution in [3.8, 4) is 5.75 Å². The molecule has 28 heavy (non-hydrogen) atoms. The number of carbonyl (C=O) groups excluding carboxylic acids is 1. The molecule has 1 aromatic carbocycles. The number of amides is 1. The Hall–Kier alpha value is -3.69. The summed E-state index contributed by atoms with van der Waals surface area (Å²) in [5.41, 5.74) is 3.26. The summed E-state index contributed by atoms with van der Waals surface area (Å²) in [6, 6.07) is 7.29. The van der Waals surface area contributed by atoms with E-state index in [9.17, 15) is 14.4 Å². The van der Waals surface area contributed by atoms with E-state index < -0.39 is 17.2 Å². The number of aromatic nitrogens is 4. The van der Waals surface area contributed by atoms with Gasteiger partial charge in [0.25, 0.3) is 11.5 Å². The molecule has 10 heteroatoms. The zero-order chi connectivity index (χ0) is 20.4. The molecule has 0 atom stereocenters. The van der Waals surface area contributed by atoms with Gasteiger partial charge in [-0.1, -0.05) is 12.1 Å². The summed E-state index contributed by atoms with van der Waals surface area (Å²) in [5, 5.41) is 4.09. The molecule has 10 nitrogen and oxygen atoms in total. The summed E-state index contributed by atoms with van der Waals surface area (Å²) >= 11 is 0. The normalized spacial score (nSPS) is 11.6. The van der Waals surface area contributed by atoms with Gasteiger partial charge in [0, 0.05) is 19.7 Å². The van der Waals surface area contributed by atoms with Gasteiger partial charge >= 0.3 is 5.69 Å². The van der Waals surface area contributed by atoms with Crippen molar-refractivity contribution >= 4 is 22.8 Å². The van der Waals surface area contributed by atoms with E-state index in [4.69, 9.17) is 4.74 Å². The van der Waals surface area contributed by atoms with E-state index in [1.807, 2.05) is 18.2 Å². The van der Waals surface area contributed by atoms with Crippen molar-refractivity contribution < 1.29 is 9.53 Å². The van der Waals surface area contributed by atoms with Crippen molar-refractivity contribution in [1.82, 2.24) is 24.1 Å². The second-order valence-corrected chi connectivity index (χ2v) is 6.21. The Bertz CT molecular complexity index is 1200. The number of imidazole rings is 1. The number of hydrogen-bond acceptors (Lipinski definition) is 6. The molecule has 0 bridgehead atoms. The Labute approximate surface area is 159 Å². The van der Waals surface area contributed by atoms with Gasteiger partial charge in [-0.3, -0.25) is 18.7 Å². The number of nitrogens with zero attached hydrogens (tertiary/aromatic N) is 5. The van der Waals surface area contributed by atoms with Gasteiger partial charge in [0.05, 0.1) is 19.1 Å². The van der Waals surface area contributed by atoms with Crippen LogP contribution in [0.15, 0.2) is 45.3 Å². The highest BCUT2D eigenvalue weighted by atomic mass is 16.5. The number of hydrogen-bond donors (Lipinski definition) is 1. The van der Waals surface area contributed by atoms with E-state index in [-0.39, 0.29) is 17.7 Å². The molecule has 0 unspecified atom stereocenters. The van der Waals surface area contributed by atoms with E-state index in [1.54, 1.807) is 20.1 Å². The van der Waals surface area contributed by atoms with Gasteiger partial charge in [-0.2, -0.15) is 5.10 Å². The van der Waals surface area contributed by atoms with E-state index in [1.165, 1.54) is 29.6 Å². The number of carbonyl (C=O) groups is 1. The fourth-order valence-electron chi connectivity index (χ4n) is 2.77. The molecule has 0 fully saturated rings. The van der Waals surface area contributed by atoms with Gasteiger partial charge in [-0.15, -0.1) is 0 Å². The molecule has 0 radical (unpaired) electrons. The average molecular weight is 384 g/mol. The molecule has 2 heterocycles. The molecule has 3 rings (SSSR count). The number of methoxy groups -OCH3 is 1. The van der Waals surface area contributed by atoms with Crippen molar-refractivity contribution in [2.45, 2.75) is 13.5 Å². The molecule has 3 aromatic rings. The first-order valence-corrected chi connectivity index (χ1v) is 8.42. The van der Waals surface area contributed by atoms with Crippen LogP contribution >= 0.6 is 0 Å². The maximum Gasteiger partial charge on any atom is 0.332 e. The van der Waals surface area contributed by atoms with Crippen molar-refractivity contribution in [2.24, 2.45) is 19.2 Å². The quantitative estimate of drug-likeness (QED) is 0.491. The van der Waals surface area contributed by atoms with Gasteiger partial charge in [-0.25, -0.2) is 15.2 Å². The molecule has 0 aliphatic heterocycles. The van der Waals surface area contributed by atoms with Crippen LogP contribution in [0.1, 0.15) is 12.5 Å². The van der Waals surface area contributed by atoms with Gasteiger partial charge in [0.2, 0.25) is 0 Å². The predicted octanol–water partition coefficient (Wildman–Crippen LogP) is -0.0173. The SMILES string of the molecule is COc1cccc(/C(C)=N/NC(=O)Cn2cnc3c2c(=O)n(C)c(=O)n3C)c1. The number of benzene rings is 1. The number of hydrazone groups is 1. The Morgan fingerprint density at radius 3 is 2.71 bits per heavy atom. The monoisotopic (exact) mass is 384 g/mol. The minimum atomic E-state index is -0.514. The second-order valence-electron chi connectivity index (χ2n) is 6.21. The summed E-state index contributed by atoms with van der Waals surface area (Å²) < 4.78 is 8.80.